The number of unbranched alkanes of at least 4 members (excludes halogenated alkanes) is 19. The Bertz CT molecular complexity index is 1680. The molecule has 0 spiro atoms. The Morgan fingerprint density at radius 1 is 0.276 bits per heavy atom. The van der Waals surface area contributed by atoms with Crippen LogP contribution in [0.2, 0.25) is 0 Å². The van der Waals surface area contributed by atoms with Crippen LogP contribution in [0.25, 0.3) is 0 Å². The molecule has 6 nitrogen and oxygen atoms in total. The third-order valence-corrected chi connectivity index (χ3v) is 12.5. The van der Waals surface area contributed by atoms with Crippen molar-refractivity contribution in [1.82, 2.24) is 0 Å². The number of ether oxygens (including phenoxy) is 3. The predicted molar refractivity (Wildman–Crippen MR) is 329 cm³/mol. The van der Waals surface area contributed by atoms with Crippen LogP contribution in [-0.4, -0.2) is 37.2 Å². The van der Waals surface area contributed by atoms with Gasteiger partial charge in [0.05, 0.1) is 0 Å². The Hall–Kier alpha value is -4.71. The average Bonchev–Trinajstić information content (AvgIpc) is 3.42. The van der Waals surface area contributed by atoms with Gasteiger partial charge in [-0.15, -0.1) is 0 Å². The summed E-state index contributed by atoms with van der Waals surface area (Å²) in [5, 5.41) is 0. The molecule has 0 aliphatic heterocycles. The molecule has 0 radical (unpaired) electrons. The lowest BCUT2D eigenvalue weighted by molar-refractivity contribution is -0.167. The molecule has 1 atom stereocenters. The van der Waals surface area contributed by atoms with E-state index in [1.165, 1.54) is 70.6 Å². The van der Waals surface area contributed by atoms with Gasteiger partial charge in [0, 0.05) is 19.3 Å². The molecule has 0 aromatic carbocycles. The largest absolute Gasteiger partial charge is 0.462 e. The highest BCUT2D eigenvalue weighted by molar-refractivity contribution is 5.71. The van der Waals surface area contributed by atoms with Crippen molar-refractivity contribution in [1.29, 1.82) is 0 Å². The predicted octanol–water partition coefficient (Wildman–Crippen LogP) is 21.2. The molecule has 0 aliphatic rings. The fourth-order valence-corrected chi connectivity index (χ4v) is 7.94. The summed E-state index contributed by atoms with van der Waals surface area (Å²) in [6.45, 7) is 6.41. The molecule has 0 aromatic heterocycles. The second kappa shape index (κ2) is 62.8. The fraction of sp³-hybridized carbons (Fsp3) is 0.614. The van der Waals surface area contributed by atoms with E-state index in [4.69, 9.17) is 14.2 Å². The minimum atomic E-state index is -0.822. The quantitative estimate of drug-likeness (QED) is 0.0261. The highest BCUT2D eigenvalue weighted by Gasteiger charge is 2.19. The maximum absolute atomic E-state index is 12.9. The van der Waals surface area contributed by atoms with Gasteiger partial charge in [0.15, 0.2) is 6.10 Å². The minimum absolute atomic E-state index is 0.114. The lowest BCUT2D eigenvalue weighted by atomic mass is 10.1. The van der Waals surface area contributed by atoms with Crippen molar-refractivity contribution in [3.63, 3.8) is 0 Å². The second-order valence-corrected chi connectivity index (χ2v) is 19.9. The summed E-state index contributed by atoms with van der Waals surface area (Å²) in [6, 6.07) is 0. The number of rotatable bonds is 54. The molecule has 0 saturated carbocycles. The highest BCUT2D eigenvalue weighted by atomic mass is 16.6. The van der Waals surface area contributed by atoms with Crippen LogP contribution in [0.3, 0.4) is 0 Å². The van der Waals surface area contributed by atoms with E-state index in [1.54, 1.807) is 0 Å². The first-order valence-corrected chi connectivity index (χ1v) is 30.8. The van der Waals surface area contributed by atoms with Gasteiger partial charge in [-0.05, 0) is 141 Å². The van der Waals surface area contributed by atoms with Crippen molar-refractivity contribution in [2.45, 2.75) is 264 Å². The van der Waals surface area contributed by atoms with Crippen LogP contribution >= 0.6 is 0 Å². The molecule has 0 fully saturated rings. The molecule has 1 unspecified atom stereocenters. The first kappa shape index (κ1) is 71.3. The zero-order chi connectivity index (χ0) is 55.0. The molecule has 0 heterocycles. The summed E-state index contributed by atoms with van der Waals surface area (Å²) in [7, 11) is 0. The second-order valence-electron chi connectivity index (χ2n) is 19.9. The van der Waals surface area contributed by atoms with E-state index in [2.05, 4.69) is 167 Å². The van der Waals surface area contributed by atoms with Crippen molar-refractivity contribution in [2.75, 3.05) is 13.2 Å². The molecule has 0 aromatic rings. The molecule has 0 aliphatic carbocycles. The maximum atomic E-state index is 12.9. The Kier molecular flexibility index (Phi) is 58.9. The Balaban J connectivity index is 4.56. The summed E-state index contributed by atoms with van der Waals surface area (Å²) in [4.78, 5) is 38.3. The molecule has 76 heavy (non-hydrogen) atoms. The van der Waals surface area contributed by atoms with Gasteiger partial charge in [0.2, 0.25) is 0 Å². The third-order valence-electron chi connectivity index (χ3n) is 12.5. The van der Waals surface area contributed by atoms with E-state index >= 15 is 0 Å². The van der Waals surface area contributed by atoms with Gasteiger partial charge in [-0.2, -0.15) is 0 Å². The third kappa shape index (κ3) is 60.2. The maximum Gasteiger partial charge on any atom is 0.306 e. The molecule has 0 amide bonds. The van der Waals surface area contributed by atoms with Gasteiger partial charge in [-0.3, -0.25) is 14.4 Å². The summed E-state index contributed by atoms with van der Waals surface area (Å²) < 4.78 is 16.8. The van der Waals surface area contributed by atoms with Gasteiger partial charge in [-0.1, -0.05) is 244 Å². The number of carbonyl (C=O) groups is 3. The number of allylic oxidation sites excluding steroid dienone is 24. The standard InChI is InChI=1S/C70H112O6/c1-4-7-10-13-16-19-22-25-28-31-33-34-35-36-38-39-42-45-48-51-54-57-60-63-69(72)75-66-67(65-74-68(71)62-59-56-53-50-47-44-41-30-27-24-21-18-15-12-9-6-3)76-70(73)64-61-58-55-52-49-46-43-40-37-32-29-26-23-20-17-14-11-8-5-2/h7,10,16-17,19-21,24-26,28-30,33-34,36-38,40-42,45,51,54,67H,4-6,8-9,11-15,18,22-23,27,31-32,35,39,43-44,46-50,52-53,55-66H2,1-3H3/b10-7-,19-16-,20-17-,24-21-,28-25-,29-26-,34-33-,38-36-,40-37-,41-30-,45-42-,54-51-. The van der Waals surface area contributed by atoms with Crippen LogP contribution < -0.4 is 0 Å². The topological polar surface area (TPSA) is 78.9 Å². The molecule has 0 saturated heterocycles. The smallest absolute Gasteiger partial charge is 0.306 e. The van der Waals surface area contributed by atoms with E-state index in [9.17, 15) is 14.4 Å². The van der Waals surface area contributed by atoms with E-state index in [-0.39, 0.29) is 37.5 Å². The van der Waals surface area contributed by atoms with Crippen LogP contribution in [0.15, 0.2) is 146 Å². The van der Waals surface area contributed by atoms with Gasteiger partial charge in [0.1, 0.15) is 13.2 Å². The average molecular weight is 1050 g/mol. The molecule has 0 bridgehead atoms. The zero-order valence-electron chi connectivity index (χ0n) is 49.0. The minimum Gasteiger partial charge on any atom is -0.462 e. The lowest BCUT2D eigenvalue weighted by Gasteiger charge is -2.18. The van der Waals surface area contributed by atoms with Crippen LogP contribution in [-0.2, 0) is 28.6 Å². The SMILES string of the molecule is CC/C=C\C/C=C\C/C=C\C/C=C\C/C=C\C/C=C\C/C=C\CCCC(=O)OCC(COC(=O)CCCCCCC/C=C\C/C=C\CCCCCC)OC(=O)CCCCCCCC/C=C\C/C=C\C/C=C\CCCCC. The Morgan fingerprint density at radius 2 is 0.526 bits per heavy atom. The van der Waals surface area contributed by atoms with Crippen LogP contribution in [0.1, 0.15) is 258 Å². The summed E-state index contributed by atoms with van der Waals surface area (Å²) >= 11 is 0. The molecular weight excluding hydrogens is 937 g/mol. The van der Waals surface area contributed by atoms with Crippen molar-refractivity contribution in [3.8, 4) is 0 Å². The van der Waals surface area contributed by atoms with Crippen molar-refractivity contribution in [3.05, 3.63) is 146 Å². The van der Waals surface area contributed by atoms with E-state index in [0.29, 0.717) is 19.3 Å². The first-order valence-electron chi connectivity index (χ1n) is 30.8. The fourth-order valence-electron chi connectivity index (χ4n) is 7.94. The first-order chi connectivity index (χ1) is 37.5. The molecule has 428 valence electrons. The van der Waals surface area contributed by atoms with Gasteiger partial charge in [-0.25, -0.2) is 0 Å². The normalized spacial score (nSPS) is 13.1. The number of esters is 3. The molecule has 0 rings (SSSR count). The van der Waals surface area contributed by atoms with E-state index in [0.717, 1.165) is 141 Å². The summed E-state index contributed by atoms with van der Waals surface area (Å²) in [5.41, 5.74) is 0. The lowest BCUT2D eigenvalue weighted by Crippen LogP contribution is -2.30. The molecule has 6 heteroatoms. The Morgan fingerprint density at radius 3 is 0.882 bits per heavy atom. The van der Waals surface area contributed by atoms with Crippen molar-refractivity contribution < 1.29 is 28.6 Å². The number of hydrogen-bond donors (Lipinski definition) is 0. The number of carbonyl (C=O) groups excluding carboxylic acids is 3. The van der Waals surface area contributed by atoms with Crippen LogP contribution in [0, 0.1) is 0 Å². The van der Waals surface area contributed by atoms with E-state index < -0.39 is 6.10 Å². The number of hydrogen-bond acceptors (Lipinski definition) is 6. The summed E-state index contributed by atoms with van der Waals surface area (Å²) in [5.74, 6) is -1.00. The zero-order valence-corrected chi connectivity index (χ0v) is 49.0. The van der Waals surface area contributed by atoms with Crippen LogP contribution in [0.4, 0.5) is 0 Å². The van der Waals surface area contributed by atoms with E-state index in [1.807, 2.05) is 0 Å². The van der Waals surface area contributed by atoms with Crippen LogP contribution in [0.5, 0.6) is 0 Å². The highest BCUT2D eigenvalue weighted by Crippen LogP contribution is 2.13. The van der Waals surface area contributed by atoms with Gasteiger partial charge < -0.3 is 14.2 Å². The summed E-state index contributed by atoms with van der Waals surface area (Å²) in [6.07, 6.45) is 89.8. The molecular formula is C70H112O6. The molecule has 0 N–H and O–H groups in total. The van der Waals surface area contributed by atoms with Crippen molar-refractivity contribution in [2.24, 2.45) is 0 Å². The van der Waals surface area contributed by atoms with Gasteiger partial charge >= 0.3 is 17.9 Å². The van der Waals surface area contributed by atoms with Crippen molar-refractivity contribution >= 4 is 17.9 Å². The van der Waals surface area contributed by atoms with Gasteiger partial charge in [0.25, 0.3) is 0 Å². The monoisotopic (exact) mass is 1050 g/mol. The Labute approximate surface area is 467 Å².